The first-order valence-electron chi connectivity index (χ1n) is 8.18. The molecule has 0 spiro atoms. The van der Waals surface area contributed by atoms with E-state index < -0.39 is 15.6 Å². The van der Waals surface area contributed by atoms with Crippen molar-refractivity contribution in [2.24, 2.45) is 0 Å². The van der Waals surface area contributed by atoms with Gasteiger partial charge in [0.15, 0.2) is 0 Å². The van der Waals surface area contributed by atoms with Gasteiger partial charge in [0.05, 0.1) is 11.8 Å². The molecule has 1 heterocycles. The number of sulfonamides is 1. The molecule has 1 unspecified atom stereocenters. The fraction of sp³-hybridized carbons (Fsp3) is 0.647. The average Bonchev–Trinajstić information content (AvgIpc) is 2.47. The lowest BCUT2D eigenvalue weighted by molar-refractivity contribution is 0.0498. The molecule has 1 aromatic carbocycles. The van der Waals surface area contributed by atoms with Crippen LogP contribution in [-0.2, 0) is 10.0 Å². The van der Waals surface area contributed by atoms with Crippen molar-refractivity contribution in [2.75, 3.05) is 12.3 Å². The Morgan fingerprint density at radius 2 is 2.04 bits per heavy atom. The zero-order valence-corrected chi connectivity index (χ0v) is 15.1. The molecule has 0 fully saturated rings. The molecule has 2 rings (SSSR count). The highest BCUT2D eigenvalue weighted by Crippen LogP contribution is 2.43. The Morgan fingerprint density at radius 1 is 1.35 bits per heavy atom. The summed E-state index contributed by atoms with van der Waals surface area (Å²) in [7, 11) is -3.38. The second kappa shape index (κ2) is 6.77. The molecule has 1 aliphatic rings. The van der Waals surface area contributed by atoms with E-state index in [4.69, 9.17) is 4.74 Å². The van der Waals surface area contributed by atoms with Crippen LogP contribution in [0, 0.1) is 5.82 Å². The summed E-state index contributed by atoms with van der Waals surface area (Å²) in [5.41, 5.74) is 0.126. The maximum absolute atomic E-state index is 13.7. The molecule has 0 N–H and O–H groups in total. The molecule has 0 saturated heterocycles. The maximum Gasteiger partial charge on any atom is 0.214 e. The number of nitrogens with zero attached hydrogens (tertiary/aromatic N) is 1. The highest BCUT2D eigenvalue weighted by molar-refractivity contribution is 7.89. The highest BCUT2D eigenvalue weighted by Gasteiger charge is 2.40. The van der Waals surface area contributed by atoms with Crippen molar-refractivity contribution in [3.63, 3.8) is 0 Å². The predicted molar refractivity (Wildman–Crippen MR) is 89.5 cm³/mol. The first-order chi connectivity index (χ1) is 10.7. The molecule has 0 aliphatic carbocycles. The molecule has 1 aliphatic heterocycles. The quantitative estimate of drug-likeness (QED) is 0.787. The zero-order valence-electron chi connectivity index (χ0n) is 14.3. The summed E-state index contributed by atoms with van der Waals surface area (Å²) in [6.07, 6.45) is 2.19. The molecule has 0 radical (unpaired) electrons. The molecule has 1 aromatic rings. The predicted octanol–water partition coefficient (Wildman–Crippen LogP) is 3.88. The third-order valence-corrected chi connectivity index (χ3v) is 6.09. The van der Waals surface area contributed by atoms with Crippen molar-refractivity contribution in [3.8, 4) is 5.75 Å². The lowest BCUT2D eigenvalue weighted by Crippen LogP contribution is -2.44. The Balaban J connectivity index is 2.51. The van der Waals surface area contributed by atoms with Crippen LogP contribution in [0.2, 0.25) is 0 Å². The number of hydrogen-bond acceptors (Lipinski definition) is 3. The Kier molecular flexibility index (Phi) is 5.36. The monoisotopic (exact) mass is 343 g/mol. The van der Waals surface area contributed by atoms with E-state index >= 15 is 0 Å². The first-order valence-corrected chi connectivity index (χ1v) is 9.79. The van der Waals surface area contributed by atoms with E-state index in [1.807, 2.05) is 20.8 Å². The largest absolute Gasteiger partial charge is 0.487 e. The van der Waals surface area contributed by atoms with Gasteiger partial charge < -0.3 is 4.74 Å². The normalized spacial score (nSPS) is 20.2. The third-order valence-electron chi connectivity index (χ3n) is 4.20. The Labute approximate surface area is 138 Å². The molecule has 130 valence electrons. The highest BCUT2D eigenvalue weighted by atomic mass is 32.2. The molecule has 0 aromatic heterocycles. The third kappa shape index (κ3) is 4.04. The molecular weight excluding hydrogens is 317 g/mol. The van der Waals surface area contributed by atoms with Gasteiger partial charge in [-0.15, -0.1) is 0 Å². The fourth-order valence-corrected chi connectivity index (χ4v) is 4.33. The summed E-state index contributed by atoms with van der Waals surface area (Å²) in [5, 5.41) is 0. The summed E-state index contributed by atoms with van der Waals surface area (Å²) < 4.78 is 46.4. The van der Waals surface area contributed by atoms with Gasteiger partial charge in [-0.1, -0.05) is 13.3 Å². The number of rotatable bonds is 6. The van der Waals surface area contributed by atoms with Crippen molar-refractivity contribution in [2.45, 2.75) is 58.6 Å². The van der Waals surface area contributed by atoms with Crippen LogP contribution in [0.4, 0.5) is 4.39 Å². The van der Waals surface area contributed by atoms with Gasteiger partial charge in [0.2, 0.25) is 10.0 Å². The molecule has 23 heavy (non-hydrogen) atoms. The summed E-state index contributed by atoms with van der Waals surface area (Å²) in [5.74, 6) is 0.237. The Morgan fingerprint density at radius 3 is 2.65 bits per heavy atom. The van der Waals surface area contributed by atoms with Gasteiger partial charge >= 0.3 is 0 Å². The minimum Gasteiger partial charge on any atom is -0.487 e. The van der Waals surface area contributed by atoms with Crippen molar-refractivity contribution < 1.29 is 17.5 Å². The summed E-state index contributed by atoms with van der Waals surface area (Å²) in [6, 6.07) is 3.96. The number of halogens is 1. The molecule has 6 heteroatoms. The second-order valence-electron chi connectivity index (χ2n) is 6.63. The van der Waals surface area contributed by atoms with Crippen LogP contribution >= 0.6 is 0 Å². The zero-order chi connectivity index (χ0) is 17.3. The lowest BCUT2D eigenvalue weighted by Gasteiger charge is -2.42. The fourth-order valence-electron chi connectivity index (χ4n) is 3.01. The SMILES string of the molecule is CCCCN(C1CC(C)(C)Oc2ccc(F)cc21)S(=O)(=O)CC. The van der Waals surface area contributed by atoms with Crippen LogP contribution in [0.5, 0.6) is 5.75 Å². The molecule has 1 atom stereocenters. The van der Waals surface area contributed by atoms with Crippen molar-refractivity contribution in [1.82, 2.24) is 4.31 Å². The van der Waals surface area contributed by atoms with E-state index in [-0.39, 0.29) is 17.6 Å². The Bertz CT molecular complexity index is 658. The molecular formula is C17H26FNO3S. The van der Waals surface area contributed by atoms with Gasteiger partial charge in [0.25, 0.3) is 0 Å². The van der Waals surface area contributed by atoms with E-state index in [9.17, 15) is 12.8 Å². The van der Waals surface area contributed by atoms with Gasteiger partial charge in [-0.2, -0.15) is 4.31 Å². The van der Waals surface area contributed by atoms with Gasteiger partial charge in [-0.25, -0.2) is 12.8 Å². The second-order valence-corrected chi connectivity index (χ2v) is 8.84. The van der Waals surface area contributed by atoms with Crippen LogP contribution in [0.25, 0.3) is 0 Å². The molecule has 4 nitrogen and oxygen atoms in total. The lowest BCUT2D eigenvalue weighted by atomic mass is 9.89. The van der Waals surface area contributed by atoms with Crippen LogP contribution in [0.3, 0.4) is 0 Å². The van der Waals surface area contributed by atoms with Crippen LogP contribution < -0.4 is 4.74 Å². The van der Waals surface area contributed by atoms with E-state index in [1.165, 1.54) is 12.1 Å². The van der Waals surface area contributed by atoms with Crippen molar-refractivity contribution in [3.05, 3.63) is 29.6 Å². The number of hydrogen-bond donors (Lipinski definition) is 0. The summed E-state index contributed by atoms with van der Waals surface area (Å²) >= 11 is 0. The summed E-state index contributed by atoms with van der Waals surface area (Å²) in [4.78, 5) is 0. The van der Waals surface area contributed by atoms with Gasteiger partial charge in [0.1, 0.15) is 17.2 Å². The van der Waals surface area contributed by atoms with Crippen LogP contribution in [0.15, 0.2) is 18.2 Å². The van der Waals surface area contributed by atoms with Gasteiger partial charge in [0, 0.05) is 18.5 Å². The van der Waals surface area contributed by atoms with Crippen LogP contribution in [0.1, 0.15) is 58.6 Å². The topological polar surface area (TPSA) is 46.6 Å². The number of unbranched alkanes of at least 4 members (excludes halogenated alkanes) is 1. The van der Waals surface area contributed by atoms with Crippen molar-refractivity contribution >= 4 is 10.0 Å². The van der Waals surface area contributed by atoms with E-state index in [0.29, 0.717) is 24.3 Å². The van der Waals surface area contributed by atoms with Gasteiger partial charge in [-0.05, 0) is 45.4 Å². The molecule has 0 saturated carbocycles. The van der Waals surface area contributed by atoms with Crippen molar-refractivity contribution in [1.29, 1.82) is 0 Å². The van der Waals surface area contributed by atoms with E-state index in [1.54, 1.807) is 17.3 Å². The van der Waals surface area contributed by atoms with Crippen LogP contribution in [-0.4, -0.2) is 30.6 Å². The van der Waals surface area contributed by atoms with E-state index in [0.717, 1.165) is 12.8 Å². The smallest absolute Gasteiger partial charge is 0.214 e. The van der Waals surface area contributed by atoms with Gasteiger partial charge in [-0.3, -0.25) is 0 Å². The number of benzene rings is 1. The average molecular weight is 343 g/mol. The maximum atomic E-state index is 13.7. The Hall–Kier alpha value is -1.14. The first kappa shape index (κ1) is 18.2. The van der Waals surface area contributed by atoms with E-state index in [2.05, 4.69) is 0 Å². The number of ether oxygens (including phenoxy) is 1. The molecule has 0 amide bonds. The standard InChI is InChI=1S/C17H26FNO3S/c1-5-7-10-19(23(20,21)6-2)15-12-17(3,4)22-16-9-8-13(18)11-14(15)16/h8-9,11,15H,5-7,10,12H2,1-4H3. The number of fused-ring (bicyclic) bond motifs is 1. The minimum atomic E-state index is -3.38. The molecule has 0 bridgehead atoms. The minimum absolute atomic E-state index is 0.0408. The summed E-state index contributed by atoms with van der Waals surface area (Å²) in [6.45, 7) is 7.98.